The SMILES string of the molecule is Cn1ccc(C(NN)c2cc3cc(Cl)ccc3o2)n1. The van der Waals surface area contributed by atoms with E-state index in [9.17, 15) is 0 Å². The summed E-state index contributed by atoms with van der Waals surface area (Å²) in [5.41, 5.74) is 4.30. The summed E-state index contributed by atoms with van der Waals surface area (Å²) in [6.45, 7) is 0. The number of hydrogen-bond acceptors (Lipinski definition) is 4. The Morgan fingerprint density at radius 1 is 1.37 bits per heavy atom. The predicted octanol–water partition coefficient (Wildman–Crippen LogP) is 2.37. The molecule has 3 N–H and O–H groups in total. The Balaban J connectivity index is 2.06. The second-order valence-electron chi connectivity index (χ2n) is 4.34. The van der Waals surface area contributed by atoms with Crippen LogP contribution >= 0.6 is 11.6 Å². The molecular weight excluding hydrogens is 264 g/mol. The number of fused-ring (bicyclic) bond motifs is 1. The Bertz CT molecular complexity index is 718. The van der Waals surface area contributed by atoms with E-state index in [1.165, 1.54) is 0 Å². The van der Waals surface area contributed by atoms with Gasteiger partial charge in [-0.1, -0.05) is 11.6 Å². The van der Waals surface area contributed by atoms with E-state index in [-0.39, 0.29) is 6.04 Å². The number of halogens is 1. The van der Waals surface area contributed by atoms with Gasteiger partial charge in [0, 0.05) is 23.7 Å². The van der Waals surface area contributed by atoms with Crippen LogP contribution in [0.4, 0.5) is 0 Å². The van der Waals surface area contributed by atoms with Gasteiger partial charge in [0.15, 0.2) is 0 Å². The fourth-order valence-electron chi connectivity index (χ4n) is 2.08. The molecule has 19 heavy (non-hydrogen) atoms. The summed E-state index contributed by atoms with van der Waals surface area (Å²) in [5, 5.41) is 5.95. The average Bonchev–Trinajstić information content (AvgIpc) is 2.96. The summed E-state index contributed by atoms with van der Waals surface area (Å²) in [4.78, 5) is 0. The van der Waals surface area contributed by atoms with Crippen molar-refractivity contribution in [2.75, 3.05) is 0 Å². The molecule has 0 bridgehead atoms. The summed E-state index contributed by atoms with van der Waals surface area (Å²) >= 11 is 5.96. The number of furan rings is 1. The second kappa shape index (κ2) is 4.70. The van der Waals surface area contributed by atoms with Crippen LogP contribution in [0, 0.1) is 0 Å². The molecule has 6 heteroatoms. The molecule has 98 valence electrons. The maximum atomic E-state index is 5.96. The smallest absolute Gasteiger partial charge is 0.134 e. The first kappa shape index (κ1) is 12.2. The molecule has 0 radical (unpaired) electrons. The number of benzene rings is 1. The van der Waals surface area contributed by atoms with Crippen LogP contribution in [0.3, 0.4) is 0 Å². The second-order valence-corrected chi connectivity index (χ2v) is 4.78. The van der Waals surface area contributed by atoms with Gasteiger partial charge in [0.1, 0.15) is 17.4 Å². The van der Waals surface area contributed by atoms with Gasteiger partial charge in [-0.3, -0.25) is 10.5 Å². The zero-order chi connectivity index (χ0) is 13.4. The normalized spacial score (nSPS) is 13.0. The van der Waals surface area contributed by atoms with Crippen LogP contribution in [0.2, 0.25) is 5.02 Å². The third-order valence-electron chi connectivity index (χ3n) is 2.98. The van der Waals surface area contributed by atoms with Gasteiger partial charge in [-0.25, -0.2) is 5.43 Å². The minimum atomic E-state index is -0.285. The van der Waals surface area contributed by atoms with Crippen molar-refractivity contribution in [3.8, 4) is 0 Å². The molecule has 0 fully saturated rings. The summed E-state index contributed by atoms with van der Waals surface area (Å²) in [5.74, 6) is 6.32. The molecule has 0 aliphatic carbocycles. The number of nitrogens with two attached hydrogens (primary N) is 1. The third kappa shape index (κ3) is 2.23. The highest BCUT2D eigenvalue weighted by Crippen LogP contribution is 2.28. The quantitative estimate of drug-likeness (QED) is 0.569. The number of nitrogens with one attached hydrogen (secondary N) is 1. The first-order chi connectivity index (χ1) is 9.17. The van der Waals surface area contributed by atoms with E-state index in [4.69, 9.17) is 21.9 Å². The molecule has 0 amide bonds. The summed E-state index contributed by atoms with van der Waals surface area (Å²) in [6.07, 6.45) is 1.86. The molecule has 5 nitrogen and oxygen atoms in total. The number of hydrazine groups is 1. The van der Waals surface area contributed by atoms with Crippen LogP contribution < -0.4 is 11.3 Å². The monoisotopic (exact) mass is 276 g/mol. The van der Waals surface area contributed by atoms with Crippen LogP contribution in [0.5, 0.6) is 0 Å². The van der Waals surface area contributed by atoms with Gasteiger partial charge in [0.05, 0.1) is 5.69 Å². The van der Waals surface area contributed by atoms with E-state index in [0.29, 0.717) is 10.8 Å². The number of nitrogens with zero attached hydrogens (tertiary/aromatic N) is 2. The van der Waals surface area contributed by atoms with Gasteiger partial charge in [0.2, 0.25) is 0 Å². The Kier molecular flexibility index (Phi) is 3.02. The standard InChI is InChI=1S/C13H13ClN4O/c1-18-5-4-10(17-18)13(16-15)12-7-8-6-9(14)2-3-11(8)19-12/h2-7,13,16H,15H2,1H3. The fraction of sp³-hybridized carbons (Fsp3) is 0.154. The Labute approximate surface area is 114 Å². The molecule has 1 unspecified atom stereocenters. The number of aromatic nitrogens is 2. The summed E-state index contributed by atoms with van der Waals surface area (Å²) in [7, 11) is 1.86. The van der Waals surface area contributed by atoms with Crippen molar-refractivity contribution in [3.05, 3.63) is 53.0 Å². The number of rotatable bonds is 3. The minimum absolute atomic E-state index is 0.285. The molecule has 0 spiro atoms. The molecule has 3 rings (SSSR count). The Hall–Kier alpha value is -1.82. The molecule has 0 aliphatic heterocycles. The highest BCUT2D eigenvalue weighted by molar-refractivity contribution is 6.31. The maximum Gasteiger partial charge on any atom is 0.134 e. The molecule has 3 aromatic rings. The van der Waals surface area contributed by atoms with Gasteiger partial charge in [-0.2, -0.15) is 5.10 Å². The predicted molar refractivity (Wildman–Crippen MR) is 73.6 cm³/mol. The first-order valence-electron chi connectivity index (χ1n) is 5.82. The van der Waals surface area contributed by atoms with Crippen LogP contribution in [0.15, 0.2) is 40.9 Å². The lowest BCUT2D eigenvalue weighted by Gasteiger charge is -2.09. The maximum absolute atomic E-state index is 5.96. The number of aryl methyl sites for hydroxylation is 1. The molecule has 2 heterocycles. The van der Waals surface area contributed by atoms with Crippen molar-refractivity contribution in [1.82, 2.24) is 15.2 Å². The summed E-state index contributed by atoms with van der Waals surface area (Å²) in [6, 6.07) is 9.02. The summed E-state index contributed by atoms with van der Waals surface area (Å²) < 4.78 is 7.51. The van der Waals surface area contributed by atoms with Crippen molar-refractivity contribution in [3.63, 3.8) is 0 Å². The van der Waals surface area contributed by atoms with Crippen LogP contribution in [0.25, 0.3) is 11.0 Å². The van der Waals surface area contributed by atoms with E-state index < -0.39 is 0 Å². The zero-order valence-electron chi connectivity index (χ0n) is 10.3. The highest BCUT2D eigenvalue weighted by atomic mass is 35.5. The van der Waals surface area contributed by atoms with Crippen LogP contribution in [0.1, 0.15) is 17.5 Å². The van der Waals surface area contributed by atoms with Gasteiger partial charge in [0.25, 0.3) is 0 Å². The van der Waals surface area contributed by atoms with E-state index >= 15 is 0 Å². The lowest BCUT2D eigenvalue weighted by molar-refractivity contribution is 0.468. The molecular formula is C13H13ClN4O. The van der Waals surface area contributed by atoms with Crippen molar-refractivity contribution < 1.29 is 4.42 Å². The largest absolute Gasteiger partial charge is 0.459 e. The first-order valence-corrected chi connectivity index (χ1v) is 6.20. The molecule has 2 aromatic heterocycles. The number of hydrogen-bond donors (Lipinski definition) is 2. The molecule has 0 saturated heterocycles. The van der Waals surface area contributed by atoms with Crippen molar-refractivity contribution >= 4 is 22.6 Å². The van der Waals surface area contributed by atoms with Crippen LogP contribution in [-0.2, 0) is 7.05 Å². The lowest BCUT2D eigenvalue weighted by Crippen LogP contribution is -2.28. The van der Waals surface area contributed by atoms with Crippen molar-refractivity contribution in [1.29, 1.82) is 0 Å². The minimum Gasteiger partial charge on any atom is -0.459 e. The molecule has 0 saturated carbocycles. The lowest BCUT2D eigenvalue weighted by atomic mass is 10.1. The van der Waals surface area contributed by atoms with E-state index in [1.807, 2.05) is 37.5 Å². The van der Waals surface area contributed by atoms with Crippen molar-refractivity contribution in [2.45, 2.75) is 6.04 Å². The van der Waals surface area contributed by atoms with Crippen molar-refractivity contribution in [2.24, 2.45) is 12.9 Å². The van der Waals surface area contributed by atoms with E-state index in [2.05, 4.69) is 10.5 Å². The van der Waals surface area contributed by atoms with Crippen LogP contribution in [-0.4, -0.2) is 9.78 Å². The highest BCUT2D eigenvalue weighted by Gasteiger charge is 2.19. The Morgan fingerprint density at radius 2 is 2.21 bits per heavy atom. The average molecular weight is 277 g/mol. The van der Waals surface area contributed by atoms with Gasteiger partial charge < -0.3 is 4.42 Å². The Morgan fingerprint density at radius 3 is 2.89 bits per heavy atom. The third-order valence-corrected chi connectivity index (χ3v) is 3.21. The van der Waals surface area contributed by atoms with Gasteiger partial charge >= 0.3 is 0 Å². The van der Waals surface area contributed by atoms with Gasteiger partial charge in [-0.05, 0) is 30.3 Å². The van der Waals surface area contributed by atoms with E-state index in [0.717, 1.165) is 16.7 Å². The van der Waals surface area contributed by atoms with E-state index in [1.54, 1.807) is 10.7 Å². The molecule has 1 aromatic carbocycles. The van der Waals surface area contributed by atoms with Gasteiger partial charge in [-0.15, -0.1) is 0 Å². The molecule has 1 atom stereocenters. The molecule has 0 aliphatic rings. The fourth-order valence-corrected chi connectivity index (χ4v) is 2.26. The topological polar surface area (TPSA) is 69.0 Å². The zero-order valence-corrected chi connectivity index (χ0v) is 11.1.